The number of nitrogens with zero attached hydrogens (tertiary/aromatic N) is 1. The van der Waals surface area contributed by atoms with Crippen molar-refractivity contribution in [3.05, 3.63) is 27.8 Å². The van der Waals surface area contributed by atoms with E-state index in [-0.39, 0.29) is 17.2 Å². The number of hydrogen-bond acceptors (Lipinski definition) is 8. The van der Waals surface area contributed by atoms with E-state index < -0.39 is 37.9 Å². The number of benzene rings is 1. The molecule has 146 valence electrons. The van der Waals surface area contributed by atoms with Gasteiger partial charge in [0.15, 0.2) is 0 Å². The highest BCUT2D eigenvalue weighted by atomic mass is 32.2. The van der Waals surface area contributed by atoms with E-state index in [2.05, 4.69) is 14.9 Å². The van der Waals surface area contributed by atoms with E-state index in [1.165, 1.54) is 0 Å². The van der Waals surface area contributed by atoms with Crippen LogP contribution in [0.1, 0.15) is 24.8 Å². The molecule has 0 saturated heterocycles. The van der Waals surface area contributed by atoms with Crippen LogP contribution in [-0.4, -0.2) is 26.3 Å². The van der Waals surface area contributed by atoms with Crippen molar-refractivity contribution in [3.8, 4) is 0 Å². The fourth-order valence-electron chi connectivity index (χ4n) is 2.29. The molecule has 26 heavy (non-hydrogen) atoms. The molecule has 2 rings (SSSR count). The molecule has 4 N–H and O–H groups in total. The second kappa shape index (κ2) is 7.85. The van der Waals surface area contributed by atoms with Crippen molar-refractivity contribution >= 4 is 27.7 Å². The van der Waals surface area contributed by atoms with E-state index in [9.17, 15) is 31.7 Å². The van der Waals surface area contributed by atoms with Crippen molar-refractivity contribution in [3.63, 3.8) is 0 Å². The third-order valence-corrected chi connectivity index (χ3v) is 5.33. The van der Waals surface area contributed by atoms with E-state index in [0.29, 0.717) is 25.3 Å². The van der Waals surface area contributed by atoms with Crippen LogP contribution in [0.4, 0.5) is 18.9 Å². The molecule has 0 spiro atoms. The van der Waals surface area contributed by atoms with Gasteiger partial charge in [0, 0.05) is 4.90 Å². The van der Waals surface area contributed by atoms with Gasteiger partial charge in [0.2, 0.25) is 10.0 Å². The fourth-order valence-corrected chi connectivity index (χ4v) is 3.98. The van der Waals surface area contributed by atoms with Gasteiger partial charge in [-0.3, -0.25) is 0 Å². The topological polar surface area (TPSA) is 137 Å². The summed E-state index contributed by atoms with van der Waals surface area (Å²) in [6, 6.07) is 1.59. The number of hydrogen-bond donors (Lipinski definition) is 3. The molecule has 0 aliphatic carbocycles. The Bertz CT molecular complexity index is 788. The monoisotopic (exact) mass is 416 g/mol. The van der Waals surface area contributed by atoms with Gasteiger partial charge in [0.1, 0.15) is 0 Å². The number of nitrogens with one attached hydrogen (secondary N) is 2. The van der Waals surface area contributed by atoms with Crippen molar-refractivity contribution in [1.29, 1.82) is 0 Å². The van der Waals surface area contributed by atoms with Crippen LogP contribution < -0.4 is 15.2 Å². The molecule has 1 aromatic carbocycles. The average Bonchev–Trinajstić information content (AvgIpc) is 2.51. The number of nitrogens with two attached hydrogens (primary N) is 1. The SMILES string of the molecule is NS(=O)(=O)c1cc2c(cc1C(F)(F)F)NC(CCCCO[N+](=O)[O-])NS2. The Morgan fingerprint density at radius 2 is 2.04 bits per heavy atom. The summed E-state index contributed by atoms with van der Waals surface area (Å²) in [4.78, 5) is 13.5. The summed E-state index contributed by atoms with van der Waals surface area (Å²) < 4.78 is 65.3. The van der Waals surface area contributed by atoms with Crippen molar-refractivity contribution in [2.24, 2.45) is 5.14 Å². The Morgan fingerprint density at radius 1 is 1.35 bits per heavy atom. The smallest absolute Gasteiger partial charge is 0.368 e. The minimum absolute atomic E-state index is 0.0700. The molecule has 14 heteroatoms. The van der Waals surface area contributed by atoms with Crippen LogP contribution in [0.25, 0.3) is 0 Å². The molecule has 0 saturated carbocycles. The van der Waals surface area contributed by atoms with Crippen molar-refractivity contribution in [2.45, 2.75) is 41.4 Å². The van der Waals surface area contributed by atoms with Crippen LogP contribution in [0.2, 0.25) is 0 Å². The molecule has 1 heterocycles. The maximum Gasteiger partial charge on any atom is 0.417 e. The average molecular weight is 416 g/mol. The van der Waals surface area contributed by atoms with Crippen molar-refractivity contribution < 1.29 is 31.5 Å². The highest BCUT2D eigenvalue weighted by molar-refractivity contribution is 7.97. The molecule has 1 aromatic rings. The number of rotatable bonds is 7. The first-order chi connectivity index (χ1) is 12.0. The highest BCUT2D eigenvalue weighted by Crippen LogP contribution is 2.41. The van der Waals surface area contributed by atoms with E-state index in [0.717, 1.165) is 18.0 Å². The van der Waals surface area contributed by atoms with Crippen molar-refractivity contribution in [2.75, 3.05) is 11.9 Å². The van der Waals surface area contributed by atoms with Gasteiger partial charge in [0.05, 0.1) is 28.9 Å². The van der Waals surface area contributed by atoms with E-state index in [1.54, 1.807) is 0 Å². The fraction of sp³-hybridized carbons (Fsp3) is 0.500. The van der Waals surface area contributed by atoms with Gasteiger partial charge in [-0.1, -0.05) is 0 Å². The van der Waals surface area contributed by atoms with Gasteiger partial charge in [-0.2, -0.15) is 13.2 Å². The molecule has 1 aliphatic heterocycles. The summed E-state index contributed by atoms with van der Waals surface area (Å²) >= 11 is 0.976. The Balaban J connectivity index is 2.12. The lowest BCUT2D eigenvalue weighted by atomic mass is 10.1. The predicted octanol–water partition coefficient (Wildman–Crippen LogP) is 2.08. The maximum atomic E-state index is 13.2. The molecule has 1 aliphatic rings. The molecular formula is C12H15F3N4O5S2. The zero-order chi connectivity index (χ0) is 19.5. The molecule has 1 atom stereocenters. The first-order valence-electron chi connectivity index (χ1n) is 7.23. The number of anilines is 1. The molecule has 1 unspecified atom stereocenters. The highest BCUT2D eigenvalue weighted by Gasteiger charge is 2.38. The molecule has 0 fully saturated rings. The second-order valence-corrected chi connectivity index (χ2v) is 7.77. The molecule has 9 nitrogen and oxygen atoms in total. The zero-order valence-electron chi connectivity index (χ0n) is 13.1. The third kappa shape index (κ3) is 5.36. The summed E-state index contributed by atoms with van der Waals surface area (Å²) in [5, 5.41) is 16.9. The lowest BCUT2D eigenvalue weighted by Crippen LogP contribution is -2.35. The van der Waals surface area contributed by atoms with Gasteiger partial charge in [-0.25, -0.2) is 18.3 Å². The molecule has 0 bridgehead atoms. The summed E-state index contributed by atoms with van der Waals surface area (Å²) in [6.07, 6.45) is -3.90. The Labute approximate surface area is 150 Å². The van der Waals surface area contributed by atoms with Crippen LogP contribution >= 0.6 is 11.9 Å². The van der Waals surface area contributed by atoms with Crippen LogP contribution in [-0.2, 0) is 21.0 Å². The standard InChI is InChI=1S/C12H15F3N4O5S2/c13-12(14,15)7-5-8-9(6-10(7)26(16,22)23)25-18-11(17-8)3-1-2-4-24-19(20)21/h5-6,11,17-18H,1-4H2,(H2,16,22,23). The predicted molar refractivity (Wildman–Crippen MR) is 86.0 cm³/mol. The molecular weight excluding hydrogens is 401 g/mol. The van der Waals surface area contributed by atoms with Gasteiger partial charge in [-0.15, -0.1) is 10.1 Å². The van der Waals surface area contributed by atoms with Gasteiger partial charge < -0.3 is 10.2 Å². The number of unbranched alkanes of at least 4 members (excludes halogenated alkanes) is 1. The molecule has 0 amide bonds. The Kier molecular flexibility index (Phi) is 6.21. The van der Waals surface area contributed by atoms with Crippen LogP contribution in [0, 0.1) is 10.1 Å². The quantitative estimate of drug-likeness (QED) is 0.266. The van der Waals surface area contributed by atoms with Crippen LogP contribution in [0.3, 0.4) is 0 Å². The number of fused-ring (bicyclic) bond motifs is 1. The van der Waals surface area contributed by atoms with Gasteiger partial charge in [0.25, 0.3) is 5.09 Å². The first-order valence-corrected chi connectivity index (χ1v) is 9.59. The summed E-state index contributed by atoms with van der Waals surface area (Å²) in [5.74, 6) is 0. The van der Waals surface area contributed by atoms with E-state index in [4.69, 9.17) is 5.14 Å². The number of alkyl halides is 3. The Hall–Kier alpha value is -1.77. The lowest BCUT2D eigenvalue weighted by molar-refractivity contribution is -0.757. The summed E-state index contributed by atoms with van der Waals surface area (Å²) in [7, 11) is -4.55. The third-order valence-electron chi connectivity index (χ3n) is 3.42. The summed E-state index contributed by atoms with van der Waals surface area (Å²) in [6.45, 7) is -0.0700. The number of halogens is 3. The largest absolute Gasteiger partial charge is 0.417 e. The Morgan fingerprint density at radius 3 is 2.62 bits per heavy atom. The first kappa shape index (κ1) is 20.5. The zero-order valence-corrected chi connectivity index (χ0v) is 14.7. The van der Waals surface area contributed by atoms with Crippen LogP contribution in [0.15, 0.2) is 21.9 Å². The van der Waals surface area contributed by atoms with Crippen molar-refractivity contribution in [1.82, 2.24) is 4.72 Å². The van der Waals surface area contributed by atoms with Gasteiger partial charge >= 0.3 is 6.18 Å². The van der Waals surface area contributed by atoms with E-state index >= 15 is 0 Å². The normalized spacial score (nSPS) is 17.3. The van der Waals surface area contributed by atoms with E-state index in [1.807, 2.05) is 0 Å². The second-order valence-electron chi connectivity index (χ2n) is 5.36. The molecule has 0 aromatic heterocycles. The summed E-state index contributed by atoms with van der Waals surface area (Å²) in [5.41, 5.74) is -1.22. The minimum atomic E-state index is -4.89. The van der Waals surface area contributed by atoms with Crippen LogP contribution in [0.5, 0.6) is 0 Å². The molecule has 0 radical (unpaired) electrons. The lowest BCUT2D eigenvalue weighted by Gasteiger charge is -2.28. The minimum Gasteiger partial charge on any atom is -0.368 e. The number of sulfonamides is 1. The van der Waals surface area contributed by atoms with Gasteiger partial charge in [-0.05, 0) is 43.3 Å². The number of primary sulfonamides is 1. The maximum absolute atomic E-state index is 13.2.